The van der Waals surface area contributed by atoms with Gasteiger partial charge in [-0.25, -0.2) is 9.67 Å². The second-order valence-corrected chi connectivity index (χ2v) is 7.06. The maximum atomic E-state index is 12.8. The third-order valence-electron chi connectivity index (χ3n) is 4.26. The molecule has 134 valence electrons. The fourth-order valence-electron chi connectivity index (χ4n) is 2.87. The van der Waals surface area contributed by atoms with Gasteiger partial charge in [-0.2, -0.15) is 5.10 Å². The molecule has 0 atom stereocenters. The van der Waals surface area contributed by atoms with Crippen molar-refractivity contribution in [2.45, 2.75) is 13.5 Å². The van der Waals surface area contributed by atoms with Crippen molar-refractivity contribution in [1.29, 1.82) is 0 Å². The normalized spacial score (nSPS) is 10.7. The highest BCUT2D eigenvalue weighted by atomic mass is 32.1. The van der Waals surface area contributed by atoms with E-state index in [2.05, 4.69) is 34.5 Å². The molecule has 0 fully saturated rings. The lowest BCUT2D eigenvalue weighted by Gasteiger charge is -2.10. The summed E-state index contributed by atoms with van der Waals surface area (Å²) in [5.41, 5.74) is 4.10. The number of pyridine rings is 1. The molecule has 0 saturated heterocycles. The molecule has 3 aromatic heterocycles. The molecule has 0 bridgehead atoms. The number of aryl methyl sites for hydroxylation is 1. The number of carbonyl (C=O) groups excluding carboxylic acids is 1. The predicted octanol–water partition coefficient (Wildman–Crippen LogP) is 4.23. The molecule has 4 rings (SSSR count). The second-order valence-electron chi connectivity index (χ2n) is 6.15. The van der Waals surface area contributed by atoms with Crippen molar-refractivity contribution in [3.63, 3.8) is 0 Å². The Morgan fingerprint density at radius 3 is 2.74 bits per heavy atom. The van der Waals surface area contributed by atoms with Crippen molar-refractivity contribution in [3.8, 4) is 16.9 Å². The van der Waals surface area contributed by atoms with Gasteiger partial charge in [0.15, 0.2) is 5.82 Å². The van der Waals surface area contributed by atoms with E-state index < -0.39 is 0 Å². The molecule has 0 aliphatic carbocycles. The Kier molecular flexibility index (Phi) is 4.80. The van der Waals surface area contributed by atoms with Crippen molar-refractivity contribution >= 4 is 17.2 Å². The van der Waals surface area contributed by atoms with Crippen LogP contribution in [0.3, 0.4) is 0 Å². The standard InChI is InChI=1S/C21H18N4OS/c1-15-5-7-16(8-6-15)18-9-13-27-19(18)21(26)23-14-17-4-2-10-22-20(17)25-12-3-11-24-25/h2-13H,14H2,1H3,(H,23,26). The summed E-state index contributed by atoms with van der Waals surface area (Å²) >= 11 is 1.45. The fourth-order valence-corrected chi connectivity index (χ4v) is 3.70. The number of aromatic nitrogens is 3. The summed E-state index contributed by atoms with van der Waals surface area (Å²) in [5, 5.41) is 9.19. The average molecular weight is 374 g/mol. The van der Waals surface area contributed by atoms with Crippen LogP contribution in [0.4, 0.5) is 0 Å². The van der Waals surface area contributed by atoms with Crippen LogP contribution >= 0.6 is 11.3 Å². The molecule has 0 aliphatic heterocycles. The Balaban J connectivity index is 1.54. The molecule has 0 unspecified atom stereocenters. The maximum absolute atomic E-state index is 12.8. The smallest absolute Gasteiger partial charge is 0.262 e. The van der Waals surface area contributed by atoms with E-state index in [4.69, 9.17) is 0 Å². The van der Waals surface area contributed by atoms with Crippen molar-refractivity contribution < 1.29 is 4.79 Å². The average Bonchev–Trinajstić information content (AvgIpc) is 3.39. The van der Waals surface area contributed by atoms with Gasteiger partial charge in [-0.3, -0.25) is 4.79 Å². The molecule has 1 N–H and O–H groups in total. The van der Waals surface area contributed by atoms with Crippen LogP contribution in [0.25, 0.3) is 16.9 Å². The second kappa shape index (κ2) is 7.55. The van der Waals surface area contributed by atoms with Crippen molar-refractivity contribution in [1.82, 2.24) is 20.1 Å². The van der Waals surface area contributed by atoms with Gasteiger partial charge < -0.3 is 5.32 Å². The Morgan fingerprint density at radius 1 is 1.11 bits per heavy atom. The first-order valence-corrected chi connectivity index (χ1v) is 9.47. The summed E-state index contributed by atoms with van der Waals surface area (Å²) in [4.78, 5) is 17.9. The first kappa shape index (κ1) is 17.2. The minimum absolute atomic E-state index is 0.0872. The van der Waals surface area contributed by atoms with Crippen LogP contribution < -0.4 is 5.32 Å². The fraction of sp³-hybridized carbons (Fsp3) is 0.0952. The Bertz CT molecular complexity index is 1050. The number of amides is 1. The molecular weight excluding hydrogens is 356 g/mol. The molecule has 0 aliphatic rings. The topological polar surface area (TPSA) is 59.8 Å². The maximum Gasteiger partial charge on any atom is 0.262 e. The monoisotopic (exact) mass is 374 g/mol. The summed E-state index contributed by atoms with van der Waals surface area (Å²) in [5.74, 6) is 0.628. The third-order valence-corrected chi connectivity index (χ3v) is 5.18. The summed E-state index contributed by atoms with van der Waals surface area (Å²) in [6.07, 6.45) is 5.26. The van der Waals surface area contributed by atoms with E-state index in [0.29, 0.717) is 17.2 Å². The summed E-state index contributed by atoms with van der Waals surface area (Å²) in [6, 6.07) is 15.8. The van der Waals surface area contributed by atoms with Gasteiger partial charge in [0.1, 0.15) is 0 Å². The largest absolute Gasteiger partial charge is 0.347 e. The van der Waals surface area contributed by atoms with E-state index in [1.54, 1.807) is 17.1 Å². The van der Waals surface area contributed by atoms with Gasteiger partial charge in [0, 0.05) is 36.3 Å². The molecule has 0 saturated carbocycles. The molecule has 0 radical (unpaired) electrons. The molecule has 27 heavy (non-hydrogen) atoms. The van der Waals surface area contributed by atoms with E-state index >= 15 is 0 Å². The lowest BCUT2D eigenvalue weighted by atomic mass is 10.0. The van der Waals surface area contributed by atoms with E-state index in [1.165, 1.54) is 16.9 Å². The van der Waals surface area contributed by atoms with Crippen LogP contribution in [0, 0.1) is 6.92 Å². The number of carbonyl (C=O) groups is 1. The SMILES string of the molecule is Cc1ccc(-c2ccsc2C(=O)NCc2cccnc2-n2cccn2)cc1. The van der Waals surface area contributed by atoms with Gasteiger partial charge in [-0.05, 0) is 36.1 Å². The number of nitrogens with zero attached hydrogens (tertiary/aromatic N) is 3. The molecule has 3 heterocycles. The van der Waals surface area contributed by atoms with Crippen LogP contribution in [-0.2, 0) is 6.54 Å². The highest BCUT2D eigenvalue weighted by Crippen LogP contribution is 2.28. The zero-order chi connectivity index (χ0) is 18.6. The Labute approximate surface area is 161 Å². The molecule has 0 spiro atoms. The van der Waals surface area contributed by atoms with Gasteiger partial charge in [0.05, 0.1) is 4.88 Å². The van der Waals surface area contributed by atoms with Crippen molar-refractivity contribution in [3.05, 3.63) is 88.5 Å². The number of nitrogens with one attached hydrogen (secondary N) is 1. The van der Waals surface area contributed by atoms with Gasteiger partial charge in [0.25, 0.3) is 5.91 Å². The summed E-state index contributed by atoms with van der Waals surface area (Å²) in [6.45, 7) is 2.43. The van der Waals surface area contributed by atoms with E-state index in [1.807, 2.05) is 48.0 Å². The van der Waals surface area contributed by atoms with Gasteiger partial charge in [0.2, 0.25) is 0 Å². The molecule has 5 nitrogen and oxygen atoms in total. The van der Waals surface area contributed by atoms with Crippen LogP contribution in [0.1, 0.15) is 20.8 Å². The molecule has 1 amide bonds. The molecule has 4 aromatic rings. The van der Waals surface area contributed by atoms with Crippen molar-refractivity contribution in [2.24, 2.45) is 0 Å². The number of benzene rings is 1. The van der Waals surface area contributed by atoms with Gasteiger partial charge in [-0.15, -0.1) is 11.3 Å². The predicted molar refractivity (Wildman–Crippen MR) is 107 cm³/mol. The zero-order valence-corrected chi connectivity index (χ0v) is 15.6. The Morgan fingerprint density at radius 2 is 1.96 bits per heavy atom. The van der Waals surface area contributed by atoms with E-state index in [0.717, 1.165) is 16.7 Å². The number of hydrogen-bond acceptors (Lipinski definition) is 4. The highest BCUT2D eigenvalue weighted by Gasteiger charge is 2.15. The van der Waals surface area contributed by atoms with Crippen LogP contribution in [0.5, 0.6) is 0 Å². The van der Waals surface area contributed by atoms with Gasteiger partial charge in [-0.1, -0.05) is 35.9 Å². The van der Waals surface area contributed by atoms with E-state index in [9.17, 15) is 4.79 Å². The van der Waals surface area contributed by atoms with Crippen LogP contribution in [0.15, 0.2) is 72.5 Å². The summed E-state index contributed by atoms with van der Waals surface area (Å²) < 4.78 is 1.70. The van der Waals surface area contributed by atoms with Crippen molar-refractivity contribution in [2.75, 3.05) is 0 Å². The zero-order valence-electron chi connectivity index (χ0n) is 14.8. The molecule has 1 aromatic carbocycles. The number of rotatable bonds is 5. The first-order chi connectivity index (χ1) is 13.2. The quantitative estimate of drug-likeness (QED) is 0.569. The Hall–Kier alpha value is -3.25. The molecular formula is C21H18N4OS. The van der Waals surface area contributed by atoms with Crippen LogP contribution in [-0.4, -0.2) is 20.7 Å². The number of hydrogen-bond donors (Lipinski definition) is 1. The minimum Gasteiger partial charge on any atom is -0.347 e. The highest BCUT2D eigenvalue weighted by molar-refractivity contribution is 7.12. The third kappa shape index (κ3) is 3.66. The first-order valence-electron chi connectivity index (χ1n) is 8.59. The van der Waals surface area contributed by atoms with E-state index in [-0.39, 0.29) is 5.91 Å². The van der Waals surface area contributed by atoms with Crippen LogP contribution in [0.2, 0.25) is 0 Å². The number of thiophene rings is 1. The molecule has 6 heteroatoms. The minimum atomic E-state index is -0.0872. The lowest BCUT2D eigenvalue weighted by Crippen LogP contribution is -2.23. The lowest BCUT2D eigenvalue weighted by molar-refractivity contribution is 0.0955. The van der Waals surface area contributed by atoms with Gasteiger partial charge >= 0.3 is 0 Å². The summed E-state index contributed by atoms with van der Waals surface area (Å²) in [7, 11) is 0.